The lowest BCUT2D eigenvalue weighted by Crippen LogP contribution is -2.44. The third kappa shape index (κ3) is 3.21. The Morgan fingerprint density at radius 2 is 2.04 bits per heavy atom. The maximum atomic E-state index is 11.9. The zero-order valence-corrected chi connectivity index (χ0v) is 14.0. The number of carbonyl (C=O) groups excluding carboxylic acids is 1. The van der Waals surface area contributed by atoms with E-state index in [9.17, 15) is 9.90 Å². The second-order valence-corrected chi connectivity index (χ2v) is 6.57. The minimum absolute atomic E-state index is 0.243. The van der Waals surface area contributed by atoms with Crippen LogP contribution < -0.4 is 4.90 Å². The normalized spacial score (nSPS) is 18.9. The van der Waals surface area contributed by atoms with Gasteiger partial charge in [-0.2, -0.15) is 0 Å². The standard InChI is InChI=1S/C18H26N2O3/c1-3-18(22,4-2)13-19-9-8-15-14(12-19)6-5-7-16(15)20-10-11-23-17(20)21/h5-7,22H,3-4,8-13H2,1-2H3. The molecule has 3 rings (SSSR count). The topological polar surface area (TPSA) is 53.0 Å². The molecule has 0 unspecified atom stereocenters. The Hall–Kier alpha value is -1.59. The van der Waals surface area contributed by atoms with Gasteiger partial charge in [-0.25, -0.2) is 4.79 Å². The van der Waals surface area contributed by atoms with Gasteiger partial charge in [-0.05, 0) is 36.5 Å². The number of ether oxygens (including phenoxy) is 1. The number of aliphatic hydroxyl groups is 1. The second kappa shape index (κ2) is 6.49. The summed E-state index contributed by atoms with van der Waals surface area (Å²) in [5.41, 5.74) is 2.89. The number of cyclic esters (lactones) is 1. The van der Waals surface area contributed by atoms with Crippen molar-refractivity contribution >= 4 is 11.8 Å². The molecule has 2 aliphatic heterocycles. The number of benzene rings is 1. The number of hydrogen-bond acceptors (Lipinski definition) is 4. The molecule has 23 heavy (non-hydrogen) atoms. The van der Waals surface area contributed by atoms with Crippen LogP contribution in [-0.2, 0) is 17.7 Å². The zero-order chi connectivity index (χ0) is 16.4. The highest BCUT2D eigenvalue weighted by Gasteiger charge is 2.31. The van der Waals surface area contributed by atoms with Gasteiger partial charge in [-0.15, -0.1) is 0 Å². The third-order valence-electron chi connectivity index (χ3n) is 5.21. The lowest BCUT2D eigenvalue weighted by molar-refractivity contribution is -0.00683. The molecule has 1 fully saturated rings. The van der Waals surface area contributed by atoms with Gasteiger partial charge in [-0.1, -0.05) is 26.0 Å². The summed E-state index contributed by atoms with van der Waals surface area (Å²) in [6.45, 7) is 7.62. The van der Waals surface area contributed by atoms with E-state index in [2.05, 4.69) is 11.0 Å². The summed E-state index contributed by atoms with van der Waals surface area (Å²) in [7, 11) is 0. The highest BCUT2D eigenvalue weighted by molar-refractivity contribution is 5.90. The maximum absolute atomic E-state index is 11.9. The Morgan fingerprint density at radius 1 is 1.26 bits per heavy atom. The molecule has 0 bridgehead atoms. The Balaban J connectivity index is 1.79. The van der Waals surface area contributed by atoms with Gasteiger partial charge in [0.2, 0.25) is 0 Å². The van der Waals surface area contributed by atoms with E-state index in [-0.39, 0.29) is 6.09 Å². The number of hydrogen-bond donors (Lipinski definition) is 1. The lowest BCUT2D eigenvalue weighted by Gasteiger charge is -2.36. The fourth-order valence-electron chi connectivity index (χ4n) is 3.54. The minimum Gasteiger partial charge on any atom is -0.447 e. The van der Waals surface area contributed by atoms with E-state index in [1.54, 1.807) is 4.90 Å². The summed E-state index contributed by atoms with van der Waals surface area (Å²) in [5.74, 6) is 0. The van der Waals surface area contributed by atoms with E-state index in [0.717, 1.165) is 38.0 Å². The summed E-state index contributed by atoms with van der Waals surface area (Å²) in [4.78, 5) is 15.9. The van der Waals surface area contributed by atoms with E-state index in [4.69, 9.17) is 4.74 Å². The first kappa shape index (κ1) is 16.3. The molecular formula is C18H26N2O3. The first-order valence-electron chi connectivity index (χ1n) is 8.56. The molecule has 0 radical (unpaired) electrons. The van der Waals surface area contributed by atoms with E-state index in [1.165, 1.54) is 11.1 Å². The van der Waals surface area contributed by atoms with Crippen LogP contribution in [0.4, 0.5) is 10.5 Å². The molecule has 1 aromatic carbocycles. The molecule has 0 aromatic heterocycles. The van der Waals surface area contributed by atoms with E-state index >= 15 is 0 Å². The maximum Gasteiger partial charge on any atom is 0.414 e. The number of β-amino-alcohol motifs (C(OH)–C–C–N with tert-alkyl or cyclic N) is 1. The highest BCUT2D eigenvalue weighted by atomic mass is 16.6. The van der Waals surface area contributed by atoms with Crippen LogP contribution in [0.15, 0.2) is 18.2 Å². The molecule has 126 valence electrons. The zero-order valence-electron chi connectivity index (χ0n) is 14.0. The van der Waals surface area contributed by atoms with Crippen molar-refractivity contribution in [3.8, 4) is 0 Å². The third-order valence-corrected chi connectivity index (χ3v) is 5.21. The van der Waals surface area contributed by atoms with Gasteiger partial charge in [0.15, 0.2) is 0 Å². The minimum atomic E-state index is -0.603. The Bertz CT molecular complexity index is 584. The van der Waals surface area contributed by atoms with Crippen molar-refractivity contribution in [3.05, 3.63) is 29.3 Å². The molecule has 0 spiro atoms. The molecule has 0 saturated carbocycles. The number of anilines is 1. The number of rotatable bonds is 5. The molecule has 1 saturated heterocycles. The van der Waals surface area contributed by atoms with Crippen LogP contribution in [0.3, 0.4) is 0 Å². The van der Waals surface area contributed by atoms with Crippen molar-refractivity contribution < 1.29 is 14.6 Å². The highest BCUT2D eigenvalue weighted by Crippen LogP contribution is 2.31. The average Bonchev–Trinajstić information content (AvgIpc) is 3.00. The summed E-state index contributed by atoms with van der Waals surface area (Å²) in [6, 6.07) is 6.15. The van der Waals surface area contributed by atoms with Gasteiger partial charge in [0.05, 0.1) is 17.8 Å². The lowest BCUT2D eigenvalue weighted by atomic mass is 9.93. The van der Waals surface area contributed by atoms with Crippen molar-refractivity contribution in [2.75, 3.05) is 31.1 Å². The van der Waals surface area contributed by atoms with Crippen LogP contribution in [0, 0.1) is 0 Å². The number of fused-ring (bicyclic) bond motifs is 1. The largest absolute Gasteiger partial charge is 0.447 e. The Morgan fingerprint density at radius 3 is 2.70 bits per heavy atom. The SMILES string of the molecule is CCC(O)(CC)CN1CCc2c(cccc2N2CCOC2=O)C1. The van der Waals surface area contributed by atoms with Crippen molar-refractivity contribution in [2.45, 2.75) is 45.3 Å². The van der Waals surface area contributed by atoms with Crippen LogP contribution in [0.5, 0.6) is 0 Å². The Labute approximate surface area is 137 Å². The van der Waals surface area contributed by atoms with Crippen molar-refractivity contribution in [2.24, 2.45) is 0 Å². The van der Waals surface area contributed by atoms with Crippen LogP contribution in [-0.4, -0.2) is 47.9 Å². The summed E-state index contributed by atoms with van der Waals surface area (Å²) < 4.78 is 5.07. The molecule has 1 aromatic rings. The number of amides is 1. The van der Waals surface area contributed by atoms with Gasteiger partial charge in [0.25, 0.3) is 0 Å². The van der Waals surface area contributed by atoms with Gasteiger partial charge < -0.3 is 9.84 Å². The fourth-order valence-corrected chi connectivity index (χ4v) is 3.54. The van der Waals surface area contributed by atoms with Crippen LogP contribution in [0.1, 0.15) is 37.8 Å². The van der Waals surface area contributed by atoms with Gasteiger partial charge in [0, 0.05) is 19.6 Å². The molecule has 2 heterocycles. The van der Waals surface area contributed by atoms with E-state index < -0.39 is 5.60 Å². The van der Waals surface area contributed by atoms with Crippen molar-refractivity contribution in [3.63, 3.8) is 0 Å². The molecular weight excluding hydrogens is 292 g/mol. The fraction of sp³-hybridized carbons (Fsp3) is 0.611. The van der Waals surface area contributed by atoms with E-state index in [0.29, 0.717) is 19.7 Å². The predicted molar refractivity (Wildman–Crippen MR) is 89.6 cm³/mol. The average molecular weight is 318 g/mol. The van der Waals surface area contributed by atoms with Crippen molar-refractivity contribution in [1.82, 2.24) is 4.90 Å². The van der Waals surface area contributed by atoms with Crippen LogP contribution >= 0.6 is 0 Å². The van der Waals surface area contributed by atoms with E-state index in [1.807, 2.05) is 26.0 Å². The second-order valence-electron chi connectivity index (χ2n) is 6.57. The number of carbonyl (C=O) groups is 1. The van der Waals surface area contributed by atoms with Crippen LogP contribution in [0.25, 0.3) is 0 Å². The predicted octanol–water partition coefficient (Wildman–Crippen LogP) is 2.55. The van der Waals surface area contributed by atoms with Crippen molar-refractivity contribution in [1.29, 1.82) is 0 Å². The quantitative estimate of drug-likeness (QED) is 0.906. The molecule has 5 nitrogen and oxygen atoms in total. The van der Waals surface area contributed by atoms with Gasteiger partial charge in [-0.3, -0.25) is 9.80 Å². The van der Waals surface area contributed by atoms with Gasteiger partial charge >= 0.3 is 6.09 Å². The summed E-state index contributed by atoms with van der Waals surface area (Å²) >= 11 is 0. The monoisotopic (exact) mass is 318 g/mol. The molecule has 5 heteroatoms. The molecule has 2 aliphatic rings. The summed E-state index contributed by atoms with van der Waals surface area (Å²) in [6.07, 6.45) is 2.20. The Kier molecular flexibility index (Phi) is 4.60. The van der Waals surface area contributed by atoms with Gasteiger partial charge in [0.1, 0.15) is 6.61 Å². The first-order chi connectivity index (χ1) is 11.1. The molecule has 0 aliphatic carbocycles. The smallest absolute Gasteiger partial charge is 0.414 e. The number of nitrogens with zero attached hydrogens (tertiary/aromatic N) is 2. The van der Waals surface area contributed by atoms with Crippen LogP contribution in [0.2, 0.25) is 0 Å². The summed E-state index contributed by atoms with van der Waals surface area (Å²) in [5, 5.41) is 10.6. The molecule has 1 amide bonds. The first-order valence-corrected chi connectivity index (χ1v) is 8.56. The molecule has 1 N–H and O–H groups in total. The molecule has 0 atom stereocenters.